The van der Waals surface area contributed by atoms with E-state index in [9.17, 15) is 9.90 Å². The van der Waals surface area contributed by atoms with E-state index in [0.29, 0.717) is 6.41 Å². The van der Waals surface area contributed by atoms with Crippen LogP contribution in [-0.2, 0) is 4.79 Å². The summed E-state index contributed by atoms with van der Waals surface area (Å²) in [6.45, 7) is 0. The zero-order chi connectivity index (χ0) is 10.7. The zero-order valence-electron chi connectivity index (χ0n) is 7.90. The molecule has 0 spiro atoms. The standard InChI is InChI=1S/C11H10N2O2/c14-7-12-4-3-8-1-2-10-9(5-8)6-11(15)13-10/h1-7,13,15H,(H,12,14)/b4-3+. The number of carbonyl (C=O) groups excluding carboxylic acids is 1. The molecule has 0 bridgehead atoms. The molecule has 0 aliphatic heterocycles. The van der Waals surface area contributed by atoms with E-state index >= 15 is 0 Å². The van der Waals surface area contributed by atoms with Crippen molar-refractivity contribution in [1.29, 1.82) is 0 Å². The maximum atomic E-state index is 10.0. The van der Waals surface area contributed by atoms with Gasteiger partial charge in [0.2, 0.25) is 6.41 Å². The fourth-order valence-corrected chi connectivity index (χ4v) is 1.42. The van der Waals surface area contributed by atoms with E-state index in [4.69, 9.17) is 0 Å². The van der Waals surface area contributed by atoms with Crippen LogP contribution in [0.2, 0.25) is 0 Å². The minimum Gasteiger partial charge on any atom is -0.495 e. The van der Waals surface area contributed by atoms with Crippen molar-refractivity contribution in [3.63, 3.8) is 0 Å². The molecule has 4 nitrogen and oxygen atoms in total. The quantitative estimate of drug-likeness (QED) is 0.662. The first kappa shape index (κ1) is 9.33. The number of aromatic hydroxyl groups is 1. The summed E-state index contributed by atoms with van der Waals surface area (Å²) in [6, 6.07) is 7.32. The van der Waals surface area contributed by atoms with Crippen molar-refractivity contribution in [2.75, 3.05) is 0 Å². The van der Waals surface area contributed by atoms with Crippen LogP contribution in [0.3, 0.4) is 0 Å². The van der Waals surface area contributed by atoms with Gasteiger partial charge < -0.3 is 15.4 Å². The molecule has 0 saturated carbocycles. The first-order valence-electron chi connectivity index (χ1n) is 4.47. The molecule has 0 unspecified atom stereocenters. The van der Waals surface area contributed by atoms with Gasteiger partial charge >= 0.3 is 0 Å². The number of rotatable bonds is 3. The summed E-state index contributed by atoms with van der Waals surface area (Å²) in [6.07, 6.45) is 3.94. The van der Waals surface area contributed by atoms with Crippen LogP contribution >= 0.6 is 0 Å². The SMILES string of the molecule is O=CN/C=C/c1ccc2[nH]c(O)cc2c1. The van der Waals surface area contributed by atoms with Crippen LogP contribution in [0.4, 0.5) is 0 Å². The van der Waals surface area contributed by atoms with Crippen molar-refractivity contribution in [1.82, 2.24) is 10.3 Å². The van der Waals surface area contributed by atoms with Gasteiger partial charge in [-0.2, -0.15) is 0 Å². The predicted molar refractivity (Wildman–Crippen MR) is 58.2 cm³/mol. The number of aromatic nitrogens is 1. The van der Waals surface area contributed by atoms with Gasteiger partial charge in [-0.1, -0.05) is 6.07 Å². The summed E-state index contributed by atoms with van der Waals surface area (Å²) in [5.74, 6) is 0.150. The highest BCUT2D eigenvalue weighted by atomic mass is 16.3. The monoisotopic (exact) mass is 202 g/mol. The van der Waals surface area contributed by atoms with Crippen molar-refractivity contribution in [2.45, 2.75) is 0 Å². The van der Waals surface area contributed by atoms with Gasteiger partial charge in [-0.15, -0.1) is 0 Å². The molecule has 0 atom stereocenters. The summed E-state index contributed by atoms with van der Waals surface area (Å²) in [5.41, 5.74) is 1.84. The van der Waals surface area contributed by atoms with Crippen LogP contribution in [0, 0.1) is 0 Å². The Kier molecular flexibility index (Phi) is 2.41. The molecule has 1 aromatic carbocycles. The van der Waals surface area contributed by atoms with Crippen molar-refractivity contribution in [3.8, 4) is 5.88 Å². The maximum Gasteiger partial charge on any atom is 0.211 e. The first-order chi connectivity index (χ1) is 7.29. The van der Waals surface area contributed by atoms with E-state index in [1.54, 1.807) is 18.3 Å². The second kappa shape index (κ2) is 3.88. The normalized spacial score (nSPS) is 10.9. The number of H-pyrrole nitrogens is 1. The van der Waals surface area contributed by atoms with E-state index in [2.05, 4.69) is 10.3 Å². The summed E-state index contributed by atoms with van der Waals surface area (Å²) in [4.78, 5) is 12.8. The smallest absolute Gasteiger partial charge is 0.211 e. The van der Waals surface area contributed by atoms with E-state index in [-0.39, 0.29) is 5.88 Å². The van der Waals surface area contributed by atoms with Crippen molar-refractivity contribution < 1.29 is 9.90 Å². The molecule has 15 heavy (non-hydrogen) atoms. The Morgan fingerprint density at radius 3 is 3.00 bits per heavy atom. The van der Waals surface area contributed by atoms with Crippen molar-refractivity contribution in [2.24, 2.45) is 0 Å². The Morgan fingerprint density at radius 1 is 1.33 bits per heavy atom. The molecule has 0 aliphatic rings. The first-order valence-corrected chi connectivity index (χ1v) is 4.47. The lowest BCUT2D eigenvalue weighted by Gasteiger charge is -1.93. The Balaban J connectivity index is 2.33. The third-order valence-electron chi connectivity index (χ3n) is 2.07. The molecule has 76 valence electrons. The Labute approximate surface area is 86.2 Å². The highest BCUT2D eigenvalue weighted by Crippen LogP contribution is 2.20. The molecule has 0 fully saturated rings. The van der Waals surface area contributed by atoms with E-state index in [1.807, 2.05) is 18.2 Å². The molecule has 1 amide bonds. The molecular formula is C11H10N2O2. The molecule has 1 heterocycles. The number of amides is 1. The van der Waals surface area contributed by atoms with Gasteiger partial charge in [0.15, 0.2) is 5.88 Å². The molecule has 0 radical (unpaired) electrons. The van der Waals surface area contributed by atoms with Crippen LogP contribution < -0.4 is 5.32 Å². The third kappa shape index (κ3) is 1.99. The van der Waals surface area contributed by atoms with Crippen molar-refractivity contribution in [3.05, 3.63) is 36.0 Å². The topological polar surface area (TPSA) is 65.1 Å². The number of aromatic amines is 1. The minimum absolute atomic E-state index is 0.150. The molecular weight excluding hydrogens is 192 g/mol. The summed E-state index contributed by atoms with van der Waals surface area (Å²) < 4.78 is 0. The lowest BCUT2D eigenvalue weighted by atomic mass is 10.1. The van der Waals surface area contributed by atoms with Gasteiger partial charge in [-0.3, -0.25) is 4.79 Å². The van der Waals surface area contributed by atoms with Gasteiger partial charge in [0.05, 0.1) is 0 Å². The van der Waals surface area contributed by atoms with Crippen molar-refractivity contribution >= 4 is 23.4 Å². The van der Waals surface area contributed by atoms with E-state index in [0.717, 1.165) is 16.5 Å². The molecule has 3 N–H and O–H groups in total. The number of hydrogen-bond donors (Lipinski definition) is 3. The molecule has 2 aromatic rings. The molecule has 4 heteroatoms. The lowest BCUT2D eigenvalue weighted by molar-refractivity contribution is -0.108. The summed E-state index contributed by atoms with van der Waals surface area (Å²) >= 11 is 0. The fraction of sp³-hybridized carbons (Fsp3) is 0. The van der Waals surface area contributed by atoms with E-state index in [1.165, 1.54) is 0 Å². The lowest BCUT2D eigenvalue weighted by Crippen LogP contribution is -1.97. The number of benzene rings is 1. The molecule has 0 saturated heterocycles. The summed E-state index contributed by atoms with van der Waals surface area (Å²) in [7, 11) is 0. The second-order valence-electron chi connectivity index (χ2n) is 3.12. The number of hydrogen-bond acceptors (Lipinski definition) is 2. The Morgan fingerprint density at radius 2 is 2.20 bits per heavy atom. The number of carbonyl (C=O) groups is 1. The molecule has 2 rings (SSSR count). The Bertz CT molecular complexity index is 514. The summed E-state index contributed by atoms with van der Waals surface area (Å²) in [5, 5.41) is 12.6. The van der Waals surface area contributed by atoms with Gasteiger partial charge in [-0.25, -0.2) is 0 Å². The van der Waals surface area contributed by atoms with Gasteiger partial charge in [0.1, 0.15) is 0 Å². The number of fused-ring (bicyclic) bond motifs is 1. The van der Waals surface area contributed by atoms with Crippen LogP contribution in [-0.4, -0.2) is 16.5 Å². The van der Waals surface area contributed by atoms with Crippen LogP contribution in [0.1, 0.15) is 5.56 Å². The van der Waals surface area contributed by atoms with Crippen LogP contribution in [0.25, 0.3) is 17.0 Å². The molecule has 1 aromatic heterocycles. The van der Waals surface area contributed by atoms with Gasteiger partial charge in [-0.05, 0) is 23.8 Å². The van der Waals surface area contributed by atoms with E-state index < -0.39 is 0 Å². The Hall–Kier alpha value is -2.23. The predicted octanol–water partition coefficient (Wildman–Crippen LogP) is 1.59. The second-order valence-corrected chi connectivity index (χ2v) is 3.12. The largest absolute Gasteiger partial charge is 0.495 e. The van der Waals surface area contributed by atoms with Gasteiger partial charge in [0, 0.05) is 23.2 Å². The number of nitrogens with one attached hydrogen (secondary N) is 2. The highest BCUT2D eigenvalue weighted by molar-refractivity contribution is 5.83. The van der Waals surface area contributed by atoms with Gasteiger partial charge in [0.25, 0.3) is 0 Å². The highest BCUT2D eigenvalue weighted by Gasteiger charge is 1.98. The minimum atomic E-state index is 0.150. The molecule has 0 aliphatic carbocycles. The average Bonchev–Trinajstić information content (AvgIpc) is 2.57. The third-order valence-corrected chi connectivity index (χ3v) is 2.07. The zero-order valence-corrected chi connectivity index (χ0v) is 7.90. The van der Waals surface area contributed by atoms with Crippen LogP contribution in [0.15, 0.2) is 30.5 Å². The average molecular weight is 202 g/mol. The fourth-order valence-electron chi connectivity index (χ4n) is 1.42. The van der Waals surface area contributed by atoms with Crippen LogP contribution in [0.5, 0.6) is 5.88 Å². The maximum absolute atomic E-state index is 10.0.